The average Bonchev–Trinajstić information content (AvgIpc) is 2.75. The minimum atomic E-state index is -1.14. The van der Waals surface area contributed by atoms with Crippen molar-refractivity contribution in [3.05, 3.63) is 28.2 Å². The lowest BCUT2D eigenvalue weighted by Crippen LogP contribution is -2.41. The Bertz CT molecular complexity index is 439. The minimum absolute atomic E-state index is 0.265. The van der Waals surface area contributed by atoms with E-state index in [1.165, 1.54) is 0 Å². The Morgan fingerprint density at radius 3 is 2.53 bits per heavy atom. The maximum Gasteiger partial charge on any atom is 0.348 e. The van der Waals surface area contributed by atoms with Crippen molar-refractivity contribution in [2.24, 2.45) is 0 Å². The number of ether oxygens (including phenoxy) is 1. The van der Waals surface area contributed by atoms with E-state index in [4.69, 9.17) is 27.9 Å². The molecule has 0 aliphatic heterocycles. The zero-order valence-corrected chi connectivity index (χ0v) is 10.6. The summed E-state index contributed by atoms with van der Waals surface area (Å²) in [5.74, 6) is -0.602. The lowest BCUT2D eigenvalue weighted by atomic mass is 10.0. The van der Waals surface area contributed by atoms with Gasteiger partial charge in [-0.05, 0) is 37.8 Å². The molecule has 5 heteroatoms. The van der Waals surface area contributed by atoms with Crippen molar-refractivity contribution in [2.45, 2.75) is 31.3 Å². The number of carboxylic acid groups (broad SMARTS) is 1. The predicted molar refractivity (Wildman–Crippen MR) is 65.9 cm³/mol. The van der Waals surface area contributed by atoms with E-state index < -0.39 is 11.6 Å². The Morgan fingerprint density at radius 2 is 1.94 bits per heavy atom. The number of benzene rings is 1. The molecule has 3 nitrogen and oxygen atoms in total. The summed E-state index contributed by atoms with van der Waals surface area (Å²) in [6, 6.07) is 4.96. The third-order valence-corrected chi connectivity index (χ3v) is 3.82. The summed E-state index contributed by atoms with van der Waals surface area (Å²) >= 11 is 11.9. The van der Waals surface area contributed by atoms with Gasteiger partial charge in [-0.15, -0.1) is 0 Å². The van der Waals surface area contributed by atoms with Crippen LogP contribution in [-0.4, -0.2) is 16.7 Å². The van der Waals surface area contributed by atoms with Crippen LogP contribution in [0.4, 0.5) is 0 Å². The maximum absolute atomic E-state index is 11.3. The molecule has 17 heavy (non-hydrogen) atoms. The smallest absolute Gasteiger partial charge is 0.348 e. The number of carboxylic acids is 1. The third kappa shape index (κ3) is 2.35. The van der Waals surface area contributed by atoms with Crippen molar-refractivity contribution in [2.75, 3.05) is 0 Å². The highest BCUT2D eigenvalue weighted by Crippen LogP contribution is 2.39. The molecule has 1 aliphatic rings. The number of carbonyl (C=O) groups is 1. The van der Waals surface area contributed by atoms with Crippen molar-refractivity contribution < 1.29 is 14.6 Å². The van der Waals surface area contributed by atoms with Crippen LogP contribution in [0.5, 0.6) is 5.75 Å². The first-order chi connectivity index (χ1) is 8.05. The largest absolute Gasteiger partial charge is 0.478 e. The van der Waals surface area contributed by atoms with E-state index in [9.17, 15) is 9.90 Å². The quantitative estimate of drug-likeness (QED) is 0.913. The van der Waals surface area contributed by atoms with Crippen molar-refractivity contribution in [1.29, 1.82) is 0 Å². The van der Waals surface area contributed by atoms with Gasteiger partial charge in [0, 0.05) is 0 Å². The van der Waals surface area contributed by atoms with E-state index in [1.54, 1.807) is 18.2 Å². The fraction of sp³-hybridized carbons (Fsp3) is 0.417. The van der Waals surface area contributed by atoms with Gasteiger partial charge in [-0.1, -0.05) is 29.3 Å². The van der Waals surface area contributed by atoms with Gasteiger partial charge in [0.15, 0.2) is 0 Å². The van der Waals surface area contributed by atoms with Gasteiger partial charge >= 0.3 is 5.97 Å². The Balaban J connectivity index is 2.30. The first kappa shape index (κ1) is 12.5. The number of rotatable bonds is 3. The molecule has 1 saturated carbocycles. The zero-order chi connectivity index (χ0) is 12.5. The number of hydrogen-bond donors (Lipinski definition) is 1. The minimum Gasteiger partial charge on any atom is -0.478 e. The first-order valence-corrected chi connectivity index (χ1v) is 6.17. The molecule has 0 radical (unpaired) electrons. The van der Waals surface area contributed by atoms with Gasteiger partial charge in [-0.25, -0.2) is 4.79 Å². The normalized spacial score (nSPS) is 18.0. The lowest BCUT2D eigenvalue weighted by Gasteiger charge is -2.26. The second kappa shape index (κ2) is 4.75. The molecule has 0 amide bonds. The Morgan fingerprint density at radius 1 is 1.29 bits per heavy atom. The van der Waals surface area contributed by atoms with Gasteiger partial charge in [0.1, 0.15) is 10.8 Å². The molecule has 92 valence electrons. The fourth-order valence-electron chi connectivity index (χ4n) is 2.08. The van der Waals surface area contributed by atoms with Crippen LogP contribution < -0.4 is 4.74 Å². The monoisotopic (exact) mass is 274 g/mol. The van der Waals surface area contributed by atoms with Gasteiger partial charge in [0.25, 0.3) is 0 Å². The van der Waals surface area contributed by atoms with E-state index in [0.29, 0.717) is 23.6 Å². The predicted octanol–water partition coefficient (Wildman–Crippen LogP) is 3.77. The van der Waals surface area contributed by atoms with Gasteiger partial charge in [-0.2, -0.15) is 0 Å². The number of hydrogen-bond acceptors (Lipinski definition) is 2. The van der Waals surface area contributed by atoms with Crippen LogP contribution in [0.2, 0.25) is 10.0 Å². The SMILES string of the molecule is O=C(O)C1(Oc2cccc(Cl)c2Cl)CCCC1. The fourth-order valence-corrected chi connectivity index (χ4v) is 2.41. The molecular weight excluding hydrogens is 263 g/mol. The molecule has 0 aromatic heterocycles. The molecule has 1 fully saturated rings. The van der Waals surface area contributed by atoms with Crippen LogP contribution in [0.1, 0.15) is 25.7 Å². The maximum atomic E-state index is 11.3. The molecule has 1 N–H and O–H groups in total. The first-order valence-electron chi connectivity index (χ1n) is 5.42. The molecule has 0 bridgehead atoms. The molecule has 0 unspecified atom stereocenters. The molecule has 2 rings (SSSR count). The zero-order valence-electron chi connectivity index (χ0n) is 9.08. The summed E-state index contributed by atoms with van der Waals surface area (Å²) in [6.07, 6.45) is 2.71. The van der Waals surface area contributed by atoms with E-state index >= 15 is 0 Å². The summed E-state index contributed by atoms with van der Waals surface area (Å²) in [5, 5.41) is 9.91. The van der Waals surface area contributed by atoms with E-state index in [-0.39, 0.29) is 5.02 Å². The topological polar surface area (TPSA) is 46.5 Å². The van der Waals surface area contributed by atoms with E-state index in [1.807, 2.05) is 0 Å². The summed E-state index contributed by atoms with van der Waals surface area (Å²) in [6.45, 7) is 0. The van der Waals surface area contributed by atoms with Crippen LogP contribution in [0.25, 0.3) is 0 Å². The van der Waals surface area contributed by atoms with Crippen LogP contribution in [0, 0.1) is 0 Å². The van der Waals surface area contributed by atoms with Crippen LogP contribution in [-0.2, 0) is 4.79 Å². The molecular formula is C12H12Cl2O3. The molecule has 0 heterocycles. The lowest BCUT2D eigenvalue weighted by molar-refractivity contribution is -0.154. The van der Waals surface area contributed by atoms with Crippen molar-refractivity contribution >= 4 is 29.2 Å². The standard InChI is InChI=1S/C12H12Cl2O3/c13-8-4-3-5-9(10(8)14)17-12(11(15)16)6-1-2-7-12/h3-5H,1-2,6-7H2,(H,15,16). The Labute approximate surface area is 109 Å². The summed E-state index contributed by atoms with van der Waals surface area (Å²) in [7, 11) is 0. The molecule has 1 aromatic carbocycles. The van der Waals surface area contributed by atoms with Gasteiger partial charge in [0.2, 0.25) is 5.60 Å². The van der Waals surface area contributed by atoms with Gasteiger partial charge in [0.05, 0.1) is 5.02 Å². The van der Waals surface area contributed by atoms with Crippen molar-refractivity contribution in [1.82, 2.24) is 0 Å². The van der Waals surface area contributed by atoms with E-state index in [0.717, 1.165) is 12.8 Å². The Kier molecular flexibility index (Phi) is 3.50. The van der Waals surface area contributed by atoms with Crippen LogP contribution in [0.3, 0.4) is 0 Å². The van der Waals surface area contributed by atoms with Crippen LogP contribution >= 0.6 is 23.2 Å². The number of halogens is 2. The summed E-state index contributed by atoms with van der Waals surface area (Å²) < 4.78 is 5.62. The number of aliphatic carboxylic acids is 1. The van der Waals surface area contributed by atoms with Crippen molar-refractivity contribution in [3.63, 3.8) is 0 Å². The summed E-state index contributed by atoms with van der Waals surface area (Å²) in [5.41, 5.74) is -1.14. The molecule has 1 aliphatic carbocycles. The molecule has 0 atom stereocenters. The molecule has 1 aromatic rings. The second-order valence-corrected chi connectivity index (χ2v) is 4.95. The van der Waals surface area contributed by atoms with Gasteiger partial charge in [-0.3, -0.25) is 0 Å². The van der Waals surface area contributed by atoms with Crippen LogP contribution in [0.15, 0.2) is 18.2 Å². The highest BCUT2D eigenvalue weighted by molar-refractivity contribution is 6.42. The third-order valence-electron chi connectivity index (χ3n) is 3.02. The average molecular weight is 275 g/mol. The van der Waals surface area contributed by atoms with E-state index in [2.05, 4.69) is 0 Å². The van der Waals surface area contributed by atoms with Crippen molar-refractivity contribution in [3.8, 4) is 5.75 Å². The molecule has 0 spiro atoms. The molecule has 0 saturated heterocycles. The second-order valence-electron chi connectivity index (χ2n) is 4.16. The highest BCUT2D eigenvalue weighted by Gasteiger charge is 2.44. The Hall–Kier alpha value is -0.930. The summed E-state index contributed by atoms with van der Waals surface area (Å²) in [4.78, 5) is 11.3. The van der Waals surface area contributed by atoms with Gasteiger partial charge < -0.3 is 9.84 Å². The highest BCUT2D eigenvalue weighted by atomic mass is 35.5.